The quantitative estimate of drug-likeness (QED) is 0.684. The van der Waals surface area contributed by atoms with Crippen LogP contribution in [-0.2, 0) is 0 Å². The number of halogens is 3. The van der Waals surface area contributed by atoms with E-state index in [0.717, 1.165) is 6.07 Å². The number of nitrogens with zero attached hydrogens (tertiary/aromatic N) is 1. The van der Waals surface area contributed by atoms with Crippen LogP contribution >= 0.6 is 15.9 Å². The van der Waals surface area contributed by atoms with Gasteiger partial charge >= 0.3 is 0 Å². The van der Waals surface area contributed by atoms with Gasteiger partial charge in [-0.1, -0.05) is 15.9 Å². The van der Waals surface area contributed by atoms with E-state index >= 15 is 0 Å². The van der Waals surface area contributed by atoms with Crippen molar-refractivity contribution in [1.82, 2.24) is 0 Å². The van der Waals surface area contributed by atoms with Gasteiger partial charge in [-0.2, -0.15) is 0 Å². The van der Waals surface area contributed by atoms with Crippen LogP contribution in [0.15, 0.2) is 22.7 Å². The molecule has 0 radical (unpaired) electrons. The van der Waals surface area contributed by atoms with E-state index in [-0.39, 0.29) is 11.3 Å². The molecule has 0 aliphatic carbocycles. The standard InChI is InChI=1S/C8H7BrF2N2O2/c9-5-1-4(7(12)8(10)11)2-6(3-5)13(14)15/h1-3,7-8H,12H2. The number of rotatable bonds is 3. The van der Waals surface area contributed by atoms with Crippen LogP contribution in [0, 0.1) is 10.1 Å². The molecule has 0 saturated heterocycles. The number of benzene rings is 1. The lowest BCUT2D eigenvalue weighted by molar-refractivity contribution is -0.385. The molecule has 0 amide bonds. The second kappa shape index (κ2) is 4.63. The van der Waals surface area contributed by atoms with Gasteiger partial charge in [0, 0.05) is 16.6 Å². The lowest BCUT2D eigenvalue weighted by Gasteiger charge is -2.10. The average Bonchev–Trinajstić information content (AvgIpc) is 2.15. The predicted molar refractivity (Wildman–Crippen MR) is 53.7 cm³/mol. The fourth-order valence-corrected chi connectivity index (χ4v) is 1.54. The van der Waals surface area contributed by atoms with Crippen molar-refractivity contribution >= 4 is 21.6 Å². The van der Waals surface area contributed by atoms with Gasteiger partial charge in [-0.15, -0.1) is 0 Å². The first-order valence-electron chi connectivity index (χ1n) is 3.90. The van der Waals surface area contributed by atoms with Crippen molar-refractivity contribution in [2.24, 2.45) is 5.73 Å². The first-order chi connectivity index (χ1) is 6.91. The number of nitro groups is 1. The molecule has 1 unspecified atom stereocenters. The number of hydrogen-bond acceptors (Lipinski definition) is 3. The largest absolute Gasteiger partial charge is 0.319 e. The molecule has 4 nitrogen and oxygen atoms in total. The molecule has 0 aliphatic heterocycles. The van der Waals surface area contributed by atoms with E-state index in [1.165, 1.54) is 12.1 Å². The SMILES string of the molecule is NC(c1cc(Br)cc([N+](=O)[O-])c1)C(F)F. The smallest absolute Gasteiger partial charge is 0.270 e. The summed E-state index contributed by atoms with van der Waals surface area (Å²) in [5.41, 5.74) is 4.95. The Kier molecular flexibility index (Phi) is 3.70. The van der Waals surface area contributed by atoms with Gasteiger partial charge in [0.2, 0.25) is 0 Å². The van der Waals surface area contributed by atoms with E-state index < -0.39 is 17.4 Å². The molecule has 15 heavy (non-hydrogen) atoms. The Morgan fingerprint density at radius 1 is 1.40 bits per heavy atom. The van der Waals surface area contributed by atoms with E-state index in [4.69, 9.17) is 5.73 Å². The molecule has 0 saturated carbocycles. The van der Waals surface area contributed by atoms with Crippen LogP contribution < -0.4 is 5.73 Å². The average molecular weight is 281 g/mol. The maximum Gasteiger partial charge on any atom is 0.270 e. The highest BCUT2D eigenvalue weighted by atomic mass is 79.9. The van der Waals surface area contributed by atoms with Gasteiger partial charge in [0.15, 0.2) is 0 Å². The molecule has 0 spiro atoms. The molecule has 82 valence electrons. The van der Waals surface area contributed by atoms with Gasteiger partial charge in [-0.25, -0.2) is 8.78 Å². The lowest BCUT2D eigenvalue weighted by Crippen LogP contribution is -2.19. The zero-order chi connectivity index (χ0) is 11.6. The minimum Gasteiger partial charge on any atom is -0.319 e. The maximum absolute atomic E-state index is 12.3. The molecule has 1 atom stereocenters. The van der Waals surface area contributed by atoms with Gasteiger partial charge < -0.3 is 5.73 Å². The highest BCUT2D eigenvalue weighted by Crippen LogP contribution is 2.26. The molecule has 7 heteroatoms. The van der Waals surface area contributed by atoms with Crippen molar-refractivity contribution in [2.45, 2.75) is 12.5 Å². The molecule has 0 aromatic heterocycles. The number of nitro benzene ring substituents is 1. The zero-order valence-corrected chi connectivity index (χ0v) is 8.95. The van der Waals surface area contributed by atoms with E-state index in [0.29, 0.717) is 4.47 Å². The Morgan fingerprint density at radius 2 is 2.00 bits per heavy atom. The topological polar surface area (TPSA) is 69.2 Å². The van der Waals surface area contributed by atoms with Gasteiger partial charge in [0.1, 0.15) is 0 Å². The van der Waals surface area contributed by atoms with Crippen LogP contribution in [0.4, 0.5) is 14.5 Å². The minimum atomic E-state index is -2.75. The first kappa shape index (κ1) is 12.0. The number of non-ortho nitro benzene ring substituents is 1. The third-order valence-corrected chi connectivity index (χ3v) is 2.23. The summed E-state index contributed by atoms with van der Waals surface area (Å²) in [5.74, 6) is 0. The molecule has 1 aromatic carbocycles. The Hall–Kier alpha value is -1.08. The van der Waals surface area contributed by atoms with Crippen molar-refractivity contribution in [3.63, 3.8) is 0 Å². The van der Waals surface area contributed by atoms with E-state index in [1.54, 1.807) is 0 Å². The zero-order valence-electron chi connectivity index (χ0n) is 7.36. The summed E-state index contributed by atoms with van der Waals surface area (Å²) in [4.78, 5) is 9.79. The number of alkyl halides is 2. The summed E-state index contributed by atoms with van der Waals surface area (Å²) in [5, 5.41) is 10.5. The van der Waals surface area contributed by atoms with E-state index in [9.17, 15) is 18.9 Å². The lowest BCUT2D eigenvalue weighted by atomic mass is 10.1. The fraction of sp³-hybridized carbons (Fsp3) is 0.250. The Balaban J connectivity index is 3.14. The second-order valence-electron chi connectivity index (χ2n) is 2.86. The number of nitrogens with two attached hydrogens (primary N) is 1. The summed E-state index contributed by atoms with van der Waals surface area (Å²) in [6.07, 6.45) is -2.75. The predicted octanol–water partition coefficient (Wildman–Crippen LogP) is 2.62. The van der Waals surface area contributed by atoms with Gasteiger partial charge in [0.25, 0.3) is 12.1 Å². The van der Waals surface area contributed by atoms with Crippen LogP contribution in [0.25, 0.3) is 0 Å². The maximum atomic E-state index is 12.3. The number of hydrogen-bond donors (Lipinski definition) is 1. The summed E-state index contributed by atoms with van der Waals surface area (Å²) < 4.78 is 24.9. The van der Waals surface area contributed by atoms with Gasteiger partial charge in [0.05, 0.1) is 11.0 Å². The molecule has 0 heterocycles. The molecule has 1 rings (SSSR count). The van der Waals surface area contributed by atoms with Crippen molar-refractivity contribution < 1.29 is 13.7 Å². The third kappa shape index (κ3) is 2.93. The molecular weight excluding hydrogens is 274 g/mol. The van der Waals surface area contributed by atoms with Gasteiger partial charge in [-0.05, 0) is 11.6 Å². The highest BCUT2D eigenvalue weighted by Gasteiger charge is 2.20. The monoisotopic (exact) mass is 280 g/mol. The summed E-state index contributed by atoms with van der Waals surface area (Å²) in [6.45, 7) is 0. The van der Waals surface area contributed by atoms with Crippen molar-refractivity contribution in [1.29, 1.82) is 0 Å². The van der Waals surface area contributed by atoms with Crippen molar-refractivity contribution in [3.8, 4) is 0 Å². The fourth-order valence-electron chi connectivity index (χ4n) is 1.04. The normalized spacial score (nSPS) is 12.9. The van der Waals surface area contributed by atoms with Crippen LogP contribution in [0.1, 0.15) is 11.6 Å². The summed E-state index contributed by atoms with van der Waals surface area (Å²) >= 11 is 2.99. The molecule has 2 N–H and O–H groups in total. The molecule has 0 bridgehead atoms. The van der Waals surface area contributed by atoms with Crippen LogP contribution in [0.5, 0.6) is 0 Å². The van der Waals surface area contributed by atoms with Crippen molar-refractivity contribution in [2.75, 3.05) is 0 Å². The molecular formula is C8H7BrF2N2O2. The highest BCUT2D eigenvalue weighted by molar-refractivity contribution is 9.10. The van der Waals surface area contributed by atoms with Crippen LogP contribution in [0.2, 0.25) is 0 Å². The molecule has 1 aromatic rings. The summed E-state index contributed by atoms with van der Waals surface area (Å²) in [7, 11) is 0. The van der Waals surface area contributed by atoms with Crippen LogP contribution in [0.3, 0.4) is 0 Å². The summed E-state index contributed by atoms with van der Waals surface area (Å²) in [6, 6.07) is 2.09. The van der Waals surface area contributed by atoms with E-state index in [1.807, 2.05) is 0 Å². The Morgan fingerprint density at radius 3 is 2.47 bits per heavy atom. The Bertz CT molecular complexity index is 387. The van der Waals surface area contributed by atoms with Crippen molar-refractivity contribution in [3.05, 3.63) is 38.3 Å². The Labute approximate surface area is 92.4 Å². The van der Waals surface area contributed by atoms with Gasteiger partial charge in [-0.3, -0.25) is 10.1 Å². The molecule has 0 aliphatic rings. The first-order valence-corrected chi connectivity index (χ1v) is 4.69. The second-order valence-corrected chi connectivity index (χ2v) is 3.78. The minimum absolute atomic E-state index is 0.0334. The van der Waals surface area contributed by atoms with E-state index in [2.05, 4.69) is 15.9 Å². The van der Waals surface area contributed by atoms with Crippen LogP contribution in [-0.4, -0.2) is 11.3 Å². The third-order valence-electron chi connectivity index (χ3n) is 1.77. The molecule has 0 fully saturated rings.